The van der Waals surface area contributed by atoms with Crippen LogP contribution in [-0.4, -0.2) is 46.2 Å². The van der Waals surface area contributed by atoms with Crippen molar-refractivity contribution in [2.45, 2.75) is 0 Å². The Labute approximate surface area is 207 Å². The highest BCUT2D eigenvalue weighted by Gasteiger charge is 2.18. The molecule has 0 unspecified atom stereocenters. The van der Waals surface area contributed by atoms with Gasteiger partial charge in [0.25, 0.3) is 0 Å². The number of carbonyl (C=O) groups is 2. The lowest BCUT2D eigenvalue weighted by Crippen LogP contribution is -2.02. The van der Waals surface area contributed by atoms with Crippen LogP contribution in [0.2, 0.25) is 0 Å². The monoisotopic (exact) mass is 488 g/mol. The number of aromatic hydroxyl groups is 4. The summed E-state index contributed by atoms with van der Waals surface area (Å²) in [5, 5.41) is 38.3. The first-order chi connectivity index (χ1) is 17.2. The number of ether oxygens (including phenoxy) is 2. The van der Waals surface area contributed by atoms with Gasteiger partial charge in [0.2, 0.25) is 0 Å². The summed E-state index contributed by atoms with van der Waals surface area (Å²) < 4.78 is 9.90. The summed E-state index contributed by atoms with van der Waals surface area (Å²) in [5.41, 5.74) is 0.866. The fraction of sp³-hybridized carbons (Fsp3) is 0.0714. The second-order valence-electron chi connectivity index (χ2n) is 7.49. The van der Waals surface area contributed by atoms with Crippen LogP contribution in [-0.2, 0) is 0 Å². The van der Waals surface area contributed by atoms with Gasteiger partial charge in [-0.1, -0.05) is 30.3 Å². The van der Waals surface area contributed by atoms with E-state index in [4.69, 9.17) is 14.6 Å². The lowest BCUT2D eigenvalue weighted by atomic mass is 10.0. The summed E-state index contributed by atoms with van der Waals surface area (Å²) in [4.78, 5) is 24.2. The zero-order chi connectivity index (χ0) is 26.2. The summed E-state index contributed by atoms with van der Waals surface area (Å²) >= 11 is 0. The molecule has 0 atom stereocenters. The van der Waals surface area contributed by atoms with Crippen LogP contribution in [0.3, 0.4) is 0 Å². The number of benzene rings is 4. The SMILES string of the molecule is COc1ccc(C(=O)c2ccc(OC)cc2O)c(O)c1.O=C(c1ccccc1)c1ccc(O)cc1O. The maximum atomic E-state index is 12.3. The van der Waals surface area contributed by atoms with E-state index in [2.05, 4.69) is 0 Å². The summed E-state index contributed by atoms with van der Waals surface area (Å²) in [6.45, 7) is 0. The molecule has 4 aromatic carbocycles. The third-order valence-corrected chi connectivity index (χ3v) is 5.16. The Kier molecular flexibility index (Phi) is 8.14. The van der Waals surface area contributed by atoms with Crippen molar-refractivity contribution in [1.29, 1.82) is 0 Å². The van der Waals surface area contributed by atoms with E-state index in [1.807, 2.05) is 6.07 Å². The van der Waals surface area contributed by atoms with E-state index < -0.39 is 5.78 Å². The number of phenols is 4. The highest BCUT2D eigenvalue weighted by molar-refractivity contribution is 6.12. The van der Waals surface area contributed by atoms with E-state index in [0.29, 0.717) is 17.1 Å². The zero-order valence-electron chi connectivity index (χ0n) is 19.5. The maximum absolute atomic E-state index is 12.3. The number of hydrogen-bond acceptors (Lipinski definition) is 8. The standard InChI is InChI=1S/C15H14O5.C13H10O3/c1-19-9-3-5-11(13(16)7-9)15(18)12-6-4-10(20-2)8-14(12)17;14-10-6-7-11(12(15)8-10)13(16)9-4-2-1-3-5-9/h3-8,16-17H,1-2H3;1-8,14-15H. The molecule has 0 aliphatic heterocycles. The van der Waals surface area contributed by atoms with Gasteiger partial charge in [0, 0.05) is 23.8 Å². The van der Waals surface area contributed by atoms with Gasteiger partial charge in [0.1, 0.15) is 34.5 Å². The van der Waals surface area contributed by atoms with Gasteiger partial charge in [-0.2, -0.15) is 0 Å². The van der Waals surface area contributed by atoms with Crippen molar-refractivity contribution in [1.82, 2.24) is 0 Å². The van der Waals surface area contributed by atoms with Crippen molar-refractivity contribution < 1.29 is 39.5 Å². The molecule has 0 saturated carbocycles. The smallest absolute Gasteiger partial charge is 0.200 e. The molecule has 4 N–H and O–H groups in total. The van der Waals surface area contributed by atoms with Gasteiger partial charge in [0.05, 0.1) is 30.9 Å². The Bertz CT molecular complexity index is 1320. The van der Waals surface area contributed by atoms with Crippen LogP contribution in [0.4, 0.5) is 0 Å². The molecule has 0 spiro atoms. The molecule has 0 aliphatic rings. The Morgan fingerprint density at radius 1 is 0.556 bits per heavy atom. The summed E-state index contributed by atoms with van der Waals surface area (Å²) in [6.07, 6.45) is 0. The second-order valence-corrected chi connectivity index (χ2v) is 7.49. The Morgan fingerprint density at radius 2 is 1.00 bits per heavy atom. The molecule has 0 saturated heterocycles. The van der Waals surface area contributed by atoms with Crippen LogP contribution in [0.15, 0.2) is 84.9 Å². The highest BCUT2D eigenvalue weighted by Crippen LogP contribution is 2.30. The molecular formula is C28H24O8. The lowest BCUT2D eigenvalue weighted by molar-refractivity contribution is 0.102. The number of phenolic OH excluding ortho intramolecular Hbond substituents is 4. The molecule has 0 bridgehead atoms. The molecule has 36 heavy (non-hydrogen) atoms. The van der Waals surface area contributed by atoms with Crippen molar-refractivity contribution in [2.24, 2.45) is 0 Å². The first kappa shape index (κ1) is 25.6. The summed E-state index contributed by atoms with van der Waals surface area (Å²) in [6, 6.07) is 21.3. The van der Waals surface area contributed by atoms with Crippen LogP contribution < -0.4 is 9.47 Å². The molecule has 0 amide bonds. The van der Waals surface area contributed by atoms with E-state index in [1.165, 1.54) is 50.6 Å². The molecule has 4 aromatic rings. The zero-order valence-corrected chi connectivity index (χ0v) is 19.5. The summed E-state index contributed by atoms with van der Waals surface area (Å²) in [5.74, 6) is -0.551. The van der Waals surface area contributed by atoms with Gasteiger partial charge in [-0.25, -0.2) is 0 Å². The molecular weight excluding hydrogens is 464 g/mol. The van der Waals surface area contributed by atoms with Crippen LogP contribution >= 0.6 is 0 Å². The largest absolute Gasteiger partial charge is 0.508 e. The molecule has 8 heteroatoms. The predicted octanol–water partition coefficient (Wildman–Crippen LogP) is 4.67. The van der Waals surface area contributed by atoms with E-state index in [1.54, 1.807) is 36.4 Å². The van der Waals surface area contributed by atoms with Crippen molar-refractivity contribution in [3.63, 3.8) is 0 Å². The van der Waals surface area contributed by atoms with Gasteiger partial charge in [-0.05, 0) is 36.4 Å². The maximum Gasteiger partial charge on any atom is 0.200 e. The average molecular weight is 488 g/mol. The molecule has 4 rings (SSSR count). The minimum Gasteiger partial charge on any atom is -0.508 e. The minimum absolute atomic E-state index is 0.0675. The van der Waals surface area contributed by atoms with Crippen molar-refractivity contribution in [2.75, 3.05) is 14.2 Å². The van der Waals surface area contributed by atoms with E-state index in [9.17, 15) is 24.9 Å². The molecule has 0 radical (unpaired) electrons. The Balaban J connectivity index is 0.000000205. The molecule has 8 nitrogen and oxygen atoms in total. The van der Waals surface area contributed by atoms with Crippen molar-refractivity contribution >= 4 is 11.6 Å². The number of hydrogen-bond donors (Lipinski definition) is 4. The van der Waals surface area contributed by atoms with Gasteiger partial charge in [-0.3, -0.25) is 9.59 Å². The first-order valence-electron chi connectivity index (χ1n) is 10.7. The number of carbonyl (C=O) groups excluding carboxylic acids is 2. The van der Waals surface area contributed by atoms with E-state index in [0.717, 1.165) is 6.07 Å². The quantitative estimate of drug-likeness (QED) is 0.288. The average Bonchev–Trinajstić information content (AvgIpc) is 2.88. The van der Waals surface area contributed by atoms with Crippen molar-refractivity contribution in [3.8, 4) is 34.5 Å². The number of methoxy groups -OCH3 is 2. The van der Waals surface area contributed by atoms with Crippen molar-refractivity contribution in [3.05, 3.63) is 107 Å². The topological polar surface area (TPSA) is 134 Å². The summed E-state index contributed by atoms with van der Waals surface area (Å²) in [7, 11) is 2.93. The molecule has 0 aromatic heterocycles. The van der Waals surface area contributed by atoms with E-state index in [-0.39, 0.29) is 45.5 Å². The fourth-order valence-corrected chi connectivity index (χ4v) is 3.26. The first-order valence-corrected chi connectivity index (χ1v) is 10.7. The molecule has 0 fully saturated rings. The van der Waals surface area contributed by atoms with Crippen LogP contribution in [0.1, 0.15) is 31.8 Å². The van der Waals surface area contributed by atoms with Gasteiger partial charge < -0.3 is 29.9 Å². The minimum atomic E-state index is -0.481. The molecule has 0 heterocycles. The predicted molar refractivity (Wildman–Crippen MR) is 132 cm³/mol. The third kappa shape index (κ3) is 5.92. The van der Waals surface area contributed by atoms with Crippen LogP contribution in [0.5, 0.6) is 34.5 Å². The highest BCUT2D eigenvalue weighted by atomic mass is 16.5. The Hall–Kier alpha value is -4.98. The fourth-order valence-electron chi connectivity index (χ4n) is 3.26. The second kappa shape index (κ2) is 11.4. The normalized spacial score (nSPS) is 10.1. The number of ketones is 2. The van der Waals surface area contributed by atoms with Crippen LogP contribution in [0.25, 0.3) is 0 Å². The van der Waals surface area contributed by atoms with Gasteiger partial charge in [-0.15, -0.1) is 0 Å². The third-order valence-electron chi connectivity index (χ3n) is 5.16. The molecule has 184 valence electrons. The Morgan fingerprint density at radius 3 is 1.44 bits per heavy atom. The lowest BCUT2D eigenvalue weighted by Gasteiger charge is -2.08. The molecule has 0 aliphatic carbocycles. The van der Waals surface area contributed by atoms with Gasteiger partial charge in [0.15, 0.2) is 11.6 Å². The van der Waals surface area contributed by atoms with Crippen LogP contribution in [0, 0.1) is 0 Å². The van der Waals surface area contributed by atoms with Gasteiger partial charge >= 0.3 is 0 Å². The van der Waals surface area contributed by atoms with E-state index >= 15 is 0 Å². The number of rotatable bonds is 6.